The molecule has 0 aromatic heterocycles. The molecule has 0 aliphatic carbocycles. The Morgan fingerprint density at radius 2 is 1.91 bits per heavy atom. The molecule has 4 rings (SSSR count). The lowest BCUT2D eigenvalue weighted by Crippen LogP contribution is -2.52. The molecule has 2 heterocycles. The van der Waals surface area contributed by atoms with Gasteiger partial charge < -0.3 is 20.7 Å². The summed E-state index contributed by atoms with van der Waals surface area (Å²) in [6.45, 7) is 5.99. The summed E-state index contributed by atoms with van der Waals surface area (Å²) >= 11 is 0. The Labute approximate surface area is 208 Å². The van der Waals surface area contributed by atoms with Gasteiger partial charge in [-0.3, -0.25) is 14.7 Å². The molecule has 7 nitrogen and oxygen atoms in total. The number of carbonyl (C=O) groups is 1. The van der Waals surface area contributed by atoms with E-state index in [4.69, 9.17) is 10.5 Å². The van der Waals surface area contributed by atoms with E-state index in [1.165, 1.54) is 19.0 Å². The van der Waals surface area contributed by atoms with E-state index in [0.717, 1.165) is 41.0 Å². The molecule has 7 heteroatoms. The molecule has 2 aromatic carbocycles. The predicted octanol–water partition coefficient (Wildman–Crippen LogP) is 3.78. The molecule has 0 unspecified atom stereocenters. The highest BCUT2D eigenvalue weighted by molar-refractivity contribution is 6.09. The molecule has 1 amide bonds. The Balaban J connectivity index is 1.54. The van der Waals surface area contributed by atoms with Gasteiger partial charge in [-0.15, -0.1) is 0 Å². The van der Waals surface area contributed by atoms with Crippen LogP contribution < -0.4 is 20.7 Å². The van der Waals surface area contributed by atoms with E-state index in [-0.39, 0.29) is 11.9 Å². The van der Waals surface area contributed by atoms with Crippen LogP contribution in [-0.2, 0) is 0 Å². The molecular formula is C28H37N5O2. The number of aryl methyl sites for hydroxylation is 1. The number of hydrogen-bond donors (Lipinski definition) is 2. The molecule has 3 N–H and O–H groups in total. The first kappa shape index (κ1) is 24.8. The molecule has 2 fully saturated rings. The van der Waals surface area contributed by atoms with Crippen LogP contribution in [0.3, 0.4) is 0 Å². The van der Waals surface area contributed by atoms with Crippen molar-refractivity contribution in [3.8, 4) is 5.75 Å². The Morgan fingerprint density at radius 3 is 2.54 bits per heavy atom. The quantitative estimate of drug-likeness (QED) is 0.596. The molecule has 2 aliphatic heterocycles. The van der Waals surface area contributed by atoms with Crippen molar-refractivity contribution in [2.45, 2.75) is 44.8 Å². The molecule has 2 bridgehead atoms. The second kappa shape index (κ2) is 10.5. The third kappa shape index (κ3) is 5.20. The number of amides is 1. The first-order valence-corrected chi connectivity index (χ1v) is 12.3. The molecule has 35 heavy (non-hydrogen) atoms. The van der Waals surface area contributed by atoms with Crippen molar-refractivity contribution in [1.82, 2.24) is 10.2 Å². The number of allylic oxidation sites excluding steroid dienone is 1. The molecule has 0 spiro atoms. The zero-order valence-corrected chi connectivity index (χ0v) is 21.4. The van der Waals surface area contributed by atoms with Crippen molar-refractivity contribution in [3.05, 3.63) is 64.9 Å². The lowest BCUT2D eigenvalue weighted by atomic mass is 9.99. The van der Waals surface area contributed by atoms with Gasteiger partial charge in [-0.2, -0.15) is 0 Å². The van der Waals surface area contributed by atoms with E-state index in [1.807, 2.05) is 38.1 Å². The maximum absolute atomic E-state index is 13.4. The summed E-state index contributed by atoms with van der Waals surface area (Å²) in [4.78, 5) is 22.4. The summed E-state index contributed by atoms with van der Waals surface area (Å²) in [7, 11) is 5.57. The number of nitrogens with two attached hydrogens (primary N) is 1. The van der Waals surface area contributed by atoms with Crippen LogP contribution in [0.25, 0.3) is 5.57 Å². The largest absolute Gasteiger partial charge is 0.497 e. The second-order valence-electron chi connectivity index (χ2n) is 9.65. The first-order valence-electron chi connectivity index (χ1n) is 12.3. The third-order valence-corrected chi connectivity index (χ3v) is 7.47. The molecule has 2 aliphatic rings. The number of nitrogens with one attached hydrogen (secondary N) is 1. The highest BCUT2D eigenvalue weighted by atomic mass is 16.5. The number of carbonyl (C=O) groups excluding carboxylic acids is 1. The van der Waals surface area contributed by atoms with Gasteiger partial charge in [0.1, 0.15) is 5.75 Å². The van der Waals surface area contributed by atoms with Crippen molar-refractivity contribution in [1.29, 1.82) is 0 Å². The number of benzene rings is 2. The summed E-state index contributed by atoms with van der Waals surface area (Å²) < 4.78 is 5.51. The van der Waals surface area contributed by atoms with Crippen LogP contribution in [0.15, 0.2) is 47.6 Å². The summed E-state index contributed by atoms with van der Waals surface area (Å²) in [6.07, 6.45) is 5.74. The van der Waals surface area contributed by atoms with Gasteiger partial charge in [-0.1, -0.05) is 6.07 Å². The van der Waals surface area contributed by atoms with Crippen molar-refractivity contribution in [3.63, 3.8) is 0 Å². The average Bonchev–Trinajstić information content (AvgIpc) is 3.06. The van der Waals surface area contributed by atoms with Gasteiger partial charge in [0, 0.05) is 61.5 Å². The number of likely N-dealkylation sites (N-methyl/N-ethyl adjacent to an activating group) is 1. The standard InChI is InChI=1S/C28H37N5O2/c1-18-6-7-23(33-16-24-8-9-25(17-33)32(24)4)13-27(18)28(34)31-19(2)20-10-21(12-26(11-20)35-5)22(14-29)15-30-3/h6-7,10-15,19,24-25H,8-9,16-17,29H2,1-5H3,(H,31,34)/t19-,24-,25+/m1/s1. The highest BCUT2D eigenvalue weighted by Crippen LogP contribution is 2.32. The van der Waals surface area contributed by atoms with Crippen molar-refractivity contribution in [2.75, 3.05) is 39.2 Å². The molecule has 186 valence electrons. The normalized spacial score (nSPS) is 21.4. The number of fused-ring (bicyclic) bond motifs is 2. The molecule has 3 atom stereocenters. The number of piperazine rings is 1. The minimum absolute atomic E-state index is 0.0805. The van der Waals surface area contributed by atoms with Crippen LogP contribution in [-0.4, -0.2) is 63.4 Å². The lowest BCUT2D eigenvalue weighted by molar-refractivity contribution is 0.0939. The van der Waals surface area contributed by atoms with Crippen molar-refractivity contribution >= 4 is 23.4 Å². The zero-order chi connectivity index (χ0) is 25.1. The number of methoxy groups -OCH3 is 1. The van der Waals surface area contributed by atoms with Gasteiger partial charge in [0.15, 0.2) is 0 Å². The average molecular weight is 476 g/mol. The minimum atomic E-state index is -0.225. The Bertz CT molecular complexity index is 1130. The van der Waals surface area contributed by atoms with E-state index >= 15 is 0 Å². The highest BCUT2D eigenvalue weighted by Gasteiger charge is 2.37. The predicted molar refractivity (Wildman–Crippen MR) is 143 cm³/mol. The summed E-state index contributed by atoms with van der Waals surface area (Å²) in [5, 5.41) is 3.18. The lowest BCUT2D eigenvalue weighted by Gasteiger charge is -2.40. The van der Waals surface area contributed by atoms with Gasteiger partial charge in [-0.25, -0.2) is 0 Å². The first-order chi connectivity index (χ1) is 16.8. The zero-order valence-electron chi connectivity index (χ0n) is 21.4. The molecular weight excluding hydrogens is 438 g/mol. The molecule has 2 saturated heterocycles. The van der Waals surface area contributed by atoms with Crippen LogP contribution in [0.5, 0.6) is 5.75 Å². The maximum atomic E-state index is 13.4. The third-order valence-electron chi connectivity index (χ3n) is 7.47. The second-order valence-corrected chi connectivity index (χ2v) is 9.65. The van der Waals surface area contributed by atoms with Gasteiger partial charge in [0.25, 0.3) is 5.91 Å². The van der Waals surface area contributed by atoms with Gasteiger partial charge in [0.05, 0.1) is 13.2 Å². The van der Waals surface area contributed by atoms with E-state index in [9.17, 15) is 4.79 Å². The number of aliphatic imine (C=N–C) groups is 1. The topological polar surface area (TPSA) is 83.2 Å². The number of rotatable bonds is 7. The van der Waals surface area contributed by atoms with E-state index < -0.39 is 0 Å². The molecule has 0 radical (unpaired) electrons. The minimum Gasteiger partial charge on any atom is -0.497 e. The number of anilines is 1. The van der Waals surface area contributed by atoms with Crippen LogP contribution in [0.2, 0.25) is 0 Å². The van der Waals surface area contributed by atoms with Gasteiger partial charge in [-0.05, 0) is 80.8 Å². The number of nitrogens with zero attached hydrogens (tertiary/aromatic N) is 3. The Kier molecular flexibility index (Phi) is 7.45. The van der Waals surface area contributed by atoms with Gasteiger partial charge in [0.2, 0.25) is 0 Å². The van der Waals surface area contributed by atoms with E-state index in [2.05, 4.69) is 39.3 Å². The van der Waals surface area contributed by atoms with Crippen LogP contribution >= 0.6 is 0 Å². The monoisotopic (exact) mass is 475 g/mol. The van der Waals surface area contributed by atoms with Crippen LogP contribution in [0.1, 0.15) is 52.9 Å². The van der Waals surface area contributed by atoms with Crippen molar-refractivity contribution in [2.24, 2.45) is 10.7 Å². The fraction of sp³-hybridized carbons (Fsp3) is 0.429. The smallest absolute Gasteiger partial charge is 0.252 e. The fourth-order valence-corrected chi connectivity index (χ4v) is 5.24. The number of ether oxygens (including phenoxy) is 1. The summed E-state index contributed by atoms with van der Waals surface area (Å²) in [5.74, 6) is 0.619. The summed E-state index contributed by atoms with van der Waals surface area (Å²) in [5.41, 5.74) is 11.2. The summed E-state index contributed by atoms with van der Waals surface area (Å²) in [6, 6.07) is 13.1. The SMILES string of the molecule is CN=CC(=CN)c1cc(OC)cc([C@@H](C)NC(=O)c2cc(N3C[C@H]4CC[C@@H](C3)N4C)ccc2C)c1. The molecule has 0 saturated carbocycles. The van der Waals surface area contributed by atoms with Crippen LogP contribution in [0, 0.1) is 6.92 Å². The van der Waals surface area contributed by atoms with Crippen LogP contribution in [0.4, 0.5) is 5.69 Å². The van der Waals surface area contributed by atoms with Gasteiger partial charge >= 0.3 is 0 Å². The van der Waals surface area contributed by atoms with Crippen molar-refractivity contribution < 1.29 is 9.53 Å². The number of hydrogen-bond acceptors (Lipinski definition) is 6. The fourth-order valence-electron chi connectivity index (χ4n) is 5.24. The molecule has 2 aromatic rings. The van der Waals surface area contributed by atoms with E-state index in [1.54, 1.807) is 20.4 Å². The Morgan fingerprint density at radius 1 is 1.20 bits per heavy atom. The van der Waals surface area contributed by atoms with E-state index in [0.29, 0.717) is 23.4 Å². The maximum Gasteiger partial charge on any atom is 0.252 e. The Hall–Kier alpha value is -3.32.